The van der Waals surface area contributed by atoms with E-state index in [1.807, 2.05) is 0 Å². The topological polar surface area (TPSA) is 92.1 Å². The van der Waals surface area contributed by atoms with Crippen molar-refractivity contribution in [1.29, 1.82) is 0 Å². The van der Waals surface area contributed by atoms with Gasteiger partial charge in [-0.05, 0) is 25.2 Å². The van der Waals surface area contributed by atoms with Crippen LogP contribution in [0.1, 0.15) is 24.4 Å². The lowest BCUT2D eigenvalue weighted by molar-refractivity contribution is 0.0722. The number of rotatable bonds is 8. The fourth-order valence-corrected chi connectivity index (χ4v) is 3.77. The molecule has 136 valence electrons. The molecular weight excluding hydrogens is 334 g/mol. The summed E-state index contributed by atoms with van der Waals surface area (Å²) in [5, 5.41) is 2.53. The van der Waals surface area contributed by atoms with Crippen LogP contribution in [0.2, 0.25) is 0 Å². The minimum Gasteiger partial charge on any atom is -0.438 e. The summed E-state index contributed by atoms with van der Waals surface area (Å²) in [6, 6.07) is 2.71. The highest BCUT2D eigenvalue weighted by Crippen LogP contribution is 2.19. The number of hydrogen-bond acceptors (Lipinski definition) is 6. The maximum Gasteiger partial charge on any atom is 0.287 e. The van der Waals surface area contributed by atoms with Crippen molar-refractivity contribution in [3.63, 3.8) is 0 Å². The summed E-state index contributed by atoms with van der Waals surface area (Å²) >= 11 is 0. The van der Waals surface area contributed by atoms with E-state index in [0.717, 1.165) is 19.6 Å². The van der Waals surface area contributed by atoms with Crippen LogP contribution in [0.3, 0.4) is 0 Å². The molecule has 1 aliphatic rings. The highest BCUT2D eigenvalue weighted by Gasteiger charge is 2.29. The lowest BCUT2D eigenvalue weighted by atomic mass is 10.4. The van der Waals surface area contributed by atoms with Gasteiger partial charge in [-0.15, -0.1) is 0 Å². The zero-order valence-electron chi connectivity index (χ0n) is 14.2. The van der Waals surface area contributed by atoms with E-state index in [1.165, 1.54) is 16.4 Å². The van der Waals surface area contributed by atoms with Gasteiger partial charge in [0.1, 0.15) is 0 Å². The Bertz CT molecular complexity index is 633. The van der Waals surface area contributed by atoms with Crippen LogP contribution in [0.25, 0.3) is 0 Å². The summed E-state index contributed by atoms with van der Waals surface area (Å²) in [6.45, 7) is 8.44. The van der Waals surface area contributed by atoms with Gasteiger partial charge in [0.05, 0.1) is 13.2 Å². The van der Waals surface area contributed by atoms with Crippen molar-refractivity contribution in [2.24, 2.45) is 0 Å². The van der Waals surface area contributed by atoms with Crippen molar-refractivity contribution in [1.82, 2.24) is 14.5 Å². The molecule has 0 aliphatic carbocycles. The van der Waals surface area contributed by atoms with E-state index < -0.39 is 15.9 Å². The summed E-state index contributed by atoms with van der Waals surface area (Å²) in [5.74, 6) is -0.410. The minimum atomic E-state index is -3.72. The van der Waals surface area contributed by atoms with Gasteiger partial charge in [-0.1, -0.05) is 13.8 Å². The molecule has 9 heteroatoms. The molecule has 0 bridgehead atoms. The predicted octanol–water partition coefficient (Wildman–Crippen LogP) is 0.372. The number of sulfonamides is 1. The fraction of sp³-hybridized carbons (Fsp3) is 0.667. The first-order chi connectivity index (χ1) is 11.5. The molecule has 2 rings (SSSR count). The molecular formula is C15H25N3O5S. The van der Waals surface area contributed by atoms with Crippen LogP contribution in [0.15, 0.2) is 21.6 Å². The molecule has 0 atom stereocenters. The van der Waals surface area contributed by atoms with E-state index in [4.69, 9.17) is 9.15 Å². The maximum absolute atomic E-state index is 12.4. The Hall–Kier alpha value is -1.42. The molecule has 2 heterocycles. The second-order valence-corrected chi connectivity index (χ2v) is 7.29. The molecule has 1 saturated heterocycles. The third-order valence-corrected chi connectivity index (χ3v) is 5.75. The van der Waals surface area contributed by atoms with E-state index in [2.05, 4.69) is 24.1 Å². The Kier molecular flexibility index (Phi) is 6.79. The third kappa shape index (κ3) is 4.56. The molecule has 1 N–H and O–H groups in total. The number of amides is 1. The van der Waals surface area contributed by atoms with Crippen molar-refractivity contribution < 1.29 is 22.4 Å². The number of nitrogens with one attached hydrogen (secondary N) is 1. The summed E-state index contributed by atoms with van der Waals surface area (Å²) < 4.78 is 36.6. The molecule has 1 aromatic heterocycles. The first kappa shape index (κ1) is 18.9. The second-order valence-electron chi connectivity index (χ2n) is 5.42. The van der Waals surface area contributed by atoms with Crippen molar-refractivity contribution >= 4 is 15.9 Å². The largest absolute Gasteiger partial charge is 0.438 e. The molecule has 1 fully saturated rings. The van der Waals surface area contributed by atoms with Crippen molar-refractivity contribution in [3.8, 4) is 0 Å². The van der Waals surface area contributed by atoms with E-state index >= 15 is 0 Å². The van der Waals surface area contributed by atoms with Gasteiger partial charge in [0.15, 0.2) is 5.76 Å². The molecule has 0 saturated carbocycles. The van der Waals surface area contributed by atoms with E-state index in [0.29, 0.717) is 19.8 Å². The Labute approximate surface area is 142 Å². The number of carbonyl (C=O) groups excluding carboxylic acids is 1. The predicted molar refractivity (Wildman–Crippen MR) is 88.4 cm³/mol. The van der Waals surface area contributed by atoms with E-state index in [9.17, 15) is 13.2 Å². The molecule has 0 unspecified atom stereocenters. The zero-order chi connectivity index (χ0) is 17.6. The monoisotopic (exact) mass is 359 g/mol. The quantitative estimate of drug-likeness (QED) is 0.721. The number of carbonyl (C=O) groups is 1. The Morgan fingerprint density at radius 3 is 2.54 bits per heavy atom. The maximum atomic E-state index is 12.4. The SMILES string of the molecule is CCN(CC)CCNC(=O)c1ccc(S(=O)(=O)N2CCOCC2)o1. The Balaban J connectivity index is 1.95. The van der Waals surface area contributed by atoms with Crippen LogP contribution in [-0.2, 0) is 14.8 Å². The molecule has 1 amide bonds. The normalized spacial score (nSPS) is 16.5. The number of likely N-dealkylation sites (N-methyl/N-ethyl adjacent to an activating group) is 1. The lowest BCUT2D eigenvalue weighted by Gasteiger charge is -2.24. The number of morpholine rings is 1. The van der Waals surface area contributed by atoms with Gasteiger partial charge in [-0.25, -0.2) is 8.42 Å². The summed E-state index contributed by atoms with van der Waals surface area (Å²) in [6.07, 6.45) is 0. The second kappa shape index (κ2) is 8.61. The van der Waals surface area contributed by atoms with Crippen molar-refractivity contribution in [3.05, 3.63) is 17.9 Å². The molecule has 1 aliphatic heterocycles. The number of furan rings is 1. The average Bonchev–Trinajstić information content (AvgIpc) is 3.10. The van der Waals surface area contributed by atoms with Crippen LogP contribution >= 0.6 is 0 Å². The average molecular weight is 359 g/mol. The van der Waals surface area contributed by atoms with Crippen LogP contribution in [0.4, 0.5) is 0 Å². The highest BCUT2D eigenvalue weighted by atomic mass is 32.2. The van der Waals surface area contributed by atoms with Crippen LogP contribution in [-0.4, -0.2) is 76.0 Å². The van der Waals surface area contributed by atoms with Gasteiger partial charge >= 0.3 is 0 Å². The van der Waals surface area contributed by atoms with Gasteiger partial charge in [0.2, 0.25) is 5.09 Å². The van der Waals surface area contributed by atoms with Gasteiger partial charge in [0.25, 0.3) is 15.9 Å². The van der Waals surface area contributed by atoms with Gasteiger partial charge in [-0.2, -0.15) is 4.31 Å². The number of nitrogens with zero attached hydrogens (tertiary/aromatic N) is 2. The van der Waals surface area contributed by atoms with Crippen LogP contribution < -0.4 is 5.32 Å². The first-order valence-corrected chi connectivity index (χ1v) is 9.61. The van der Waals surface area contributed by atoms with Gasteiger partial charge < -0.3 is 19.4 Å². The van der Waals surface area contributed by atoms with Crippen molar-refractivity contribution in [2.75, 3.05) is 52.5 Å². The molecule has 24 heavy (non-hydrogen) atoms. The summed E-state index contributed by atoms with van der Waals surface area (Å²) in [7, 11) is -3.72. The van der Waals surface area contributed by atoms with E-state index in [1.54, 1.807) is 0 Å². The van der Waals surface area contributed by atoms with Crippen LogP contribution in [0.5, 0.6) is 0 Å². The highest BCUT2D eigenvalue weighted by molar-refractivity contribution is 7.89. The Morgan fingerprint density at radius 2 is 1.92 bits per heavy atom. The molecule has 0 radical (unpaired) electrons. The summed E-state index contributed by atoms with van der Waals surface area (Å²) in [5.41, 5.74) is 0. The third-order valence-electron chi connectivity index (χ3n) is 3.98. The standard InChI is InChI=1S/C15H25N3O5S/c1-3-17(4-2)8-7-16-15(19)13-5-6-14(23-13)24(20,21)18-9-11-22-12-10-18/h5-6H,3-4,7-12H2,1-2H3,(H,16,19). The number of hydrogen-bond donors (Lipinski definition) is 1. The lowest BCUT2D eigenvalue weighted by Crippen LogP contribution is -2.40. The summed E-state index contributed by atoms with van der Waals surface area (Å²) in [4.78, 5) is 14.2. The molecule has 0 spiro atoms. The molecule has 8 nitrogen and oxygen atoms in total. The van der Waals surface area contributed by atoms with Gasteiger partial charge in [-0.3, -0.25) is 4.79 Å². The smallest absolute Gasteiger partial charge is 0.287 e. The van der Waals surface area contributed by atoms with Gasteiger partial charge in [0, 0.05) is 26.2 Å². The molecule has 0 aromatic carbocycles. The Morgan fingerprint density at radius 1 is 1.25 bits per heavy atom. The minimum absolute atomic E-state index is 0.00128. The van der Waals surface area contributed by atoms with Crippen LogP contribution in [0, 0.1) is 0 Å². The number of ether oxygens (including phenoxy) is 1. The first-order valence-electron chi connectivity index (χ1n) is 8.17. The molecule has 1 aromatic rings. The van der Waals surface area contributed by atoms with Crippen molar-refractivity contribution in [2.45, 2.75) is 18.9 Å². The zero-order valence-corrected chi connectivity index (χ0v) is 15.0. The fourth-order valence-electron chi connectivity index (χ4n) is 2.45. The van der Waals surface area contributed by atoms with E-state index in [-0.39, 0.29) is 23.9 Å².